The Bertz CT molecular complexity index is 722. The highest BCUT2D eigenvalue weighted by molar-refractivity contribution is 6.26. The Hall–Kier alpha value is -2.09. The third-order valence-electron chi connectivity index (χ3n) is 4.88. The molecule has 1 aromatic rings. The molecule has 5 nitrogen and oxygen atoms in total. The van der Waals surface area contributed by atoms with Crippen LogP contribution >= 0.6 is 0 Å². The number of hydrogen-bond donors (Lipinski definition) is 0. The Morgan fingerprint density at radius 1 is 1.20 bits per heavy atom. The van der Waals surface area contributed by atoms with Crippen molar-refractivity contribution in [3.63, 3.8) is 0 Å². The molecule has 0 amide bonds. The molecule has 0 aliphatic heterocycles. The number of ether oxygens (including phenoxy) is 1. The van der Waals surface area contributed by atoms with E-state index in [0.717, 1.165) is 6.07 Å². The van der Waals surface area contributed by atoms with E-state index < -0.39 is 35.1 Å². The molecule has 2 aliphatic carbocycles. The van der Waals surface area contributed by atoms with Gasteiger partial charge in [-0.15, -0.1) is 0 Å². The van der Waals surface area contributed by atoms with Gasteiger partial charge in [-0.3, -0.25) is 14.4 Å². The number of carbonyl (C=O) groups is 3. The highest BCUT2D eigenvalue weighted by atomic mass is 19.4. The first-order valence-corrected chi connectivity index (χ1v) is 7.91. The van der Waals surface area contributed by atoms with E-state index in [0.29, 0.717) is 25.3 Å². The third kappa shape index (κ3) is 3.10. The lowest BCUT2D eigenvalue weighted by molar-refractivity contribution is -0.141. The summed E-state index contributed by atoms with van der Waals surface area (Å²) in [5, 5.41) is 0. The van der Waals surface area contributed by atoms with Crippen molar-refractivity contribution in [3.05, 3.63) is 29.1 Å². The maximum absolute atomic E-state index is 12.8. The molecular formula is C17H16F3NO4. The van der Waals surface area contributed by atoms with Crippen LogP contribution in [0.1, 0.15) is 41.0 Å². The molecule has 0 N–H and O–H groups in total. The van der Waals surface area contributed by atoms with Crippen LogP contribution in [0.2, 0.25) is 0 Å². The Balaban J connectivity index is 1.99. The van der Waals surface area contributed by atoms with Gasteiger partial charge in [-0.1, -0.05) is 0 Å². The summed E-state index contributed by atoms with van der Waals surface area (Å²) in [6.45, 7) is -0.326. The number of rotatable bonds is 4. The number of fused-ring (bicyclic) bond motifs is 2. The monoisotopic (exact) mass is 355 g/mol. The summed E-state index contributed by atoms with van der Waals surface area (Å²) in [6.07, 6.45) is -3.04. The SMILES string of the molecule is COCc1nc(C(F)(F)F)ccc1C(=O)C1C(=O)C2CCC(C2)C1=O. The topological polar surface area (TPSA) is 73.3 Å². The minimum absolute atomic E-state index is 0.164. The number of pyridine rings is 1. The molecule has 0 saturated heterocycles. The number of aromatic nitrogens is 1. The fraction of sp³-hybridized carbons (Fsp3) is 0.529. The van der Waals surface area contributed by atoms with Gasteiger partial charge in [0.2, 0.25) is 0 Å². The minimum atomic E-state index is -4.67. The van der Waals surface area contributed by atoms with E-state index in [9.17, 15) is 27.6 Å². The zero-order chi connectivity index (χ0) is 18.4. The molecule has 2 aliphatic rings. The fourth-order valence-electron chi connectivity index (χ4n) is 3.65. The van der Waals surface area contributed by atoms with Crippen LogP contribution in [0.25, 0.3) is 0 Å². The van der Waals surface area contributed by atoms with E-state index in [1.165, 1.54) is 7.11 Å². The summed E-state index contributed by atoms with van der Waals surface area (Å²) in [7, 11) is 1.26. The number of ketones is 3. The van der Waals surface area contributed by atoms with Crippen LogP contribution in [0.4, 0.5) is 13.2 Å². The second kappa shape index (κ2) is 6.33. The molecule has 25 heavy (non-hydrogen) atoms. The van der Waals surface area contributed by atoms with Crippen LogP contribution in [0.5, 0.6) is 0 Å². The normalized spacial score (nSPS) is 26.2. The van der Waals surface area contributed by atoms with Crippen LogP contribution in [-0.2, 0) is 27.1 Å². The predicted octanol–water partition coefficient (Wildman–Crippen LogP) is 2.61. The first kappa shape index (κ1) is 17.7. The van der Waals surface area contributed by atoms with Gasteiger partial charge in [-0.05, 0) is 31.4 Å². The molecule has 1 aromatic heterocycles. The Labute approximate surface area is 141 Å². The lowest BCUT2D eigenvalue weighted by Gasteiger charge is -2.24. The lowest BCUT2D eigenvalue weighted by atomic mass is 9.75. The Morgan fingerprint density at radius 2 is 1.80 bits per heavy atom. The van der Waals surface area contributed by atoms with E-state index in [-0.39, 0.29) is 29.7 Å². The van der Waals surface area contributed by atoms with E-state index in [1.54, 1.807) is 0 Å². The van der Waals surface area contributed by atoms with Crippen molar-refractivity contribution in [3.8, 4) is 0 Å². The van der Waals surface area contributed by atoms with Gasteiger partial charge in [-0.2, -0.15) is 13.2 Å². The zero-order valence-electron chi connectivity index (χ0n) is 13.4. The quantitative estimate of drug-likeness (QED) is 0.613. The summed E-state index contributed by atoms with van der Waals surface area (Å²) in [5.41, 5.74) is -1.54. The molecule has 0 spiro atoms. The number of hydrogen-bond acceptors (Lipinski definition) is 5. The number of alkyl halides is 3. The largest absolute Gasteiger partial charge is 0.433 e. The summed E-state index contributed by atoms with van der Waals surface area (Å²) < 4.78 is 43.3. The van der Waals surface area contributed by atoms with Gasteiger partial charge in [0.05, 0.1) is 12.3 Å². The van der Waals surface area contributed by atoms with Gasteiger partial charge in [0.15, 0.2) is 17.3 Å². The van der Waals surface area contributed by atoms with Crippen LogP contribution in [0.3, 0.4) is 0 Å². The highest BCUT2D eigenvalue weighted by Gasteiger charge is 2.50. The molecule has 2 unspecified atom stereocenters. The van der Waals surface area contributed by atoms with Gasteiger partial charge < -0.3 is 4.74 Å². The maximum Gasteiger partial charge on any atom is 0.433 e. The van der Waals surface area contributed by atoms with Gasteiger partial charge >= 0.3 is 6.18 Å². The van der Waals surface area contributed by atoms with Crippen molar-refractivity contribution >= 4 is 17.3 Å². The van der Waals surface area contributed by atoms with E-state index >= 15 is 0 Å². The van der Waals surface area contributed by atoms with E-state index in [2.05, 4.69) is 4.98 Å². The van der Waals surface area contributed by atoms with Crippen LogP contribution in [0.15, 0.2) is 12.1 Å². The van der Waals surface area contributed by atoms with E-state index in [1.807, 2.05) is 0 Å². The first-order valence-electron chi connectivity index (χ1n) is 7.91. The number of halogens is 3. The minimum Gasteiger partial charge on any atom is -0.378 e. The number of Topliss-reactive ketones (excluding diaryl/α,β-unsaturated/α-hetero) is 3. The average Bonchev–Trinajstić information content (AvgIpc) is 2.99. The molecule has 2 fully saturated rings. The average molecular weight is 355 g/mol. The highest BCUT2D eigenvalue weighted by Crippen LogP contribution is 2.41. The smallest absolute Gasteiger partial charge is 0.378 e. The number of carbonyl (C=O) groups excluding carboxylic acids is 3. The van der Waals surface area contributed by atoms with Crippen LogP contribution < -0.4 is 0 Å². The van der Waals surface area contributed by atoms with Crippen molar-refractivity contribution in [1.82, 2.24) is 4.98 Å². The standard InChI is InChI=1S/C17H16F3NO4/c1-25-7-11-10(4-5-12(21-11)17(18,19)20)16(24)13-14(22)8-2-3-9(6-8)15(13)23/h4-5,8-9,13H,2-3,6-7H2,1H3. The van der Waals surface area contributed by atoms with Crippen LogP contribution in [0, 0.1) is 17.8 Å². The lowest BCUT2D eigenvalue weighted by Crippen LogP contribution is -2.41. The summed E-state index contributed by atoms with van der Waals surface area (Å²) in [4.78, 5) is 41.1. The molecule has 0 radical (unpaired) electrons. The van der Waals surface area contributed by atoms with Crippen molar-refractivity contribution in [2.45, 2.75) is 32.0 Å². The Kier molecular flexibility index (Phi) is 4.49. The fourth-order valence-corrected chi connectivity index (χ4v) is 3.65. The maximum atomic E-state index is 12.8. The third-order valence-corrected chi connectivity index (χ3v) is 4.88. The molecule has 134 valence electrons. The van der Waals surface area contributed by atoms with Gasteiger partial charge in [0.1, 0.15) is 11.6 Å². The van der Waals surface area contributed by atoms with Crippen molar-refractivity contribution in [2.75, 3.05) is 7.11 Å². The van der Waals surface area contributed by atoms with Crippen molar-refractivity contribution in [1.29, 1.82) is 0 Å². The number of nitrogens with zero attached hydrogens (tertiary/aromatic N) is 1. The van der Waals surface area contributed by atoms with Crippen molar-refractivity contribution in [2.24, 2.45) is 17.8 Å². The molecule has 2 bridgehead atoms. The first-order chi connectivity index (χ1) is 11.7. The van der Waals surface area contributed by atoms with Crippen LogP contribution in [-0.4, -0.2) is 29.4 Å². The zero-order valence-corrected chi connectivity index (χ0v) is 13.4. The second-order valence-electron chi connectivity index (χ2n) is 6.43. The Morgan fingerprint density at radius 3 is 2.32 bits per heavy atom. The van der Waals surface area contributed by atoms with Gasteiger partial charge in [-0.25, -0.2) is 4.98 Å². The molecule has 2 saturated carbocycles. The predicted molar refractivity (Wildman–Crippen MR) is 78.6 cm³/mol. The molecule has 0 aromatic carbocycles. The number of methoxy groups -OCH3 is 1. The molecule has 2 atom stereocenters. The van der Waals surface area contributed by atoms with E-state index in [4.69, 9.17) is 4.74 Å². The van der Waals surface area contributed by atoms with Gasteiger partial charge in [0.25, 0.3) is 0 Å². The summed E-state index contributed by atoms with van der Waals surface area (Å²) >= 11 is 0. The molecule has 8 heteroatoms. The molecule has 1 heterocycles. The van der Waals surface area contributed by atoms with Crippen molar-refractivity contribution < 1.29 is 32.3 Å². The molecular weight excluding hydrogens is 339 g/mol. The van der Waals surface area contributed by atoms with Gasteiger partial charge in [0, 0.05) is 24.5 Å². The summed E-state index contributed by atoms with van der Waals surface area (Å²) in [6, 6.07) is 1.66. The summed E-state index contributed by atoms with van der Waals surface area (Å²) in [5.74, 6) is -3.69. The molecule has 3 rings (SSSR count). The second-order valence-corrected chi connectivity index (χ2v) is 6.43.